The van der Waals surface area contributed by atoms with E-state index in [1.165, 1.54) is 0 Å². The van der Waals surface area contributed by atoms with Gasteiger partial charge in [-0.15, -0.1) is 0 Å². The minimum Gasteiger partial charge on any atom is -0.481 e. The highest BCUT2D eigenvalue weighted by molar-refractivity contribution is 5.75. The van der Waals surface area contributed by atoms with Crippen molar-refractivity contribution in [3.63, 3.8) is 0 Å². The van der Waals surface area contributed by atoms with Gasteiger partial charge in [-0.1, -0.05) is 20.3 Å². The average Bonchev–Trinajstić information content (AvgIpc) is 2.40. The van der Waals surface area contributed by atoms with Crippen LogP contribution in [0.1, 0.15) is 46.0 Å². The van der Waals surface area contributed by atoms with Crippen LogP contribution in [0.5, 0.6) is 0 Å². The summed E-state index contributed by atoms with van der Waals surface area (Å²) in [4.78, 5) is 25.0. The van der Waals surface area contributed by atoms with Gasteiger partial charge in [0.2, 0.25) is 0 Å². The average molecular weight is 299 g/mol. The summed E-state index contributed by atoms with van der Waals surface area (Å²) in [5.41, 5.74) is 0.136. The lowest BCUT2D eigenvalue weighted by Crippen LogP contribution is -2.48. The summed E-state index contributed by atoms with van der Waals surface area (Å²) in [6, 6.07) is -0.548. The van der Waals surface area contributed by atoms with Crippen LogP contribution in [0.15, 0.2) is 0 Å². The number of carbonyl (C=O) groups excluding carboxylic acids is 1. The van der Waals surface area contributed by atoms with Gasteiger partial charge in [0, 0.05) is 12.6 Å². The largest absolute Gasteiger partial charge is 0.481 e. The number of piperidine rings is 1. The van der Waals surface area contributed by atoms with Gasteiger partial charge in [0.15, 0.2) is 0 Å². The molecule has 1 heterocycles. The molecule has 1 aliphatic rings. The Morgan fingerprint density at radius 3 is 2.48 bits per heavy atom. The van der Waals surface area contributed by atoms with Crippen molar-refractivity contribution in [2.45, 2.75) is 52.0 Å². The van der Waals surface area contributed by atoms with Crippen LogP contribution in [0.4, 0.5) is 4.79 Å². The second kappa shape index (κ2) is 8.22. The molecule has 0 saturated carbocycles. The van der Waals surface area contributed by atoms with Crippen molar-refractivity contribution in [1.29, 1.82) is 0 Å². The smallest absolute Gasteiger partial charge is 0.315 e. The number of urea groups is 1. The van der Waals surface area contributed by atoms with Gasteiger partial charge in [-0.05, 0) is 44.8 Å². The maximum absolute atomic E-state index is 11.9. The SMILES string of the molecule is CCCC(CC(=O)O)NC(=O)NCC1(C)CCN(C)CC1. The molecule has 0 radical (unpaired) electrons. The Labute approximate surface area is 127 Å². The van der Waals surface area contributed by atoms with Crippen molar-refractivity contribution in [2.75, 3.05) is 26.7 Å². The number of nitrogens with one attached hydrogen (secondary N) is 2. The number of likely N-dealkylation sites (tertiary alicyclic amines) is 1. The molecule has 1 atom stereocenters. The van der Waals surface area contributed by atoms with Crippen LogP contribution in [-0.4, -0.2) is 54.7 Å². The second-order valence-electron chi connectivity index (χ2n) is 6.52. The summed E-state index contributed by atoms with van der Waals surface area (Å²) in [5.74, 6) is -0.879. The van der Waals surface area contributed by atoms with E-state index in [1.807, 2.05) is 6.92 Å². The highest BCUT2D eigenvalue weighted by Crippen LogP contribution is 2.29. The van der Waals surface area contributed by atoms with Gasteiger partial charge in [-0.2, -0.15) is 0 Å². The lowest BCUT2D eigenvalue weighted by atomic mass is 9.80. The van der Waals surface area contributed by atoms with E-state index >= 15 is 0 Å². The molecule has 2 amide bonds. The molecule has 122 valence electrons. The number of rotatable bonds is 7. The number of amides is 2. The summed E-state index contributed by atoms with van der Waals surface area (Å²) in [7, 11) is 2.11. The van der Waals surface area contributed by atoms with Crippen LogP contribution in [-0.2, 0) is 4.79 Å². The Morgan fingerprint density at radius 2 is 1.95 bits per heavy atom. The fraction of sp³-hybridized carbons (Fsp3) is 0.867. The monoisotopic (exact) mass is 299 g/mol. The van der Waals surface area contributed by atoms with Gasteiger partial charge in [0.25, 0.3) is 0 Å². The molecule has 1 unspecified atom stereocenters. The number of nitrogens with zero attached hydrogens (tertiary/aromatic N) is 1. The zero-order valence-corrected chi connectivity index (χ0v) is 13.4. The normalized spacial score (nSPS) is 19.8. The highest BCUT2D eigenvalue weighted by Gasteiger charge is 2.29. The van der Waals surface area contributed by atoms with Gasteiger partial charge in [-0.25, -0.2) is 4.79 Å². The molecule has 1 aliphatic heterocycles. The first-order chi connectivity index (χ1) is 9.84. The molecule has 1 fully saturated rings. The van der Waals surface area contributed by atoms with Crippen molar-refractivity contribution in [3.8, 4) is 0 Å². The lowest BCUT2D eigenvalue weighted by molar-refractivity contribution is -0.137. The van der Waals surface area contributed by atoms with E-state index in [2.05, 4.69) is 29.5 Å². The van der Waals surface area contributed by atoms with Crippen molar-refractivity contribution >= 4 is 12.0 Å². The minimum atomic E-state index is -0.879. The molecule has 1 rings (SSSR count). The van der Waals surface area contributed by atoms with E-state index in [-0.39, 0.29) is 23.9 Å². The van der Waals surface area contributed by atoms with E-state index < -0.39 is 5.97 Å². The Balaban J connectivity index is 2.36. The van der Waals surface area contributed by atoms with Crippen LogP contribution < -0.4 is 10.6 Å². The van der Waals surface area contributed by atoms with Crippen molar-refractivity contribution < 1.29 is 14.7 Å². The minimum absolute atomic E-state index is 0.0245. The molecule has 21 heavy (non-hydrogen) atoms. The third kappa shape index (κ3) is 6.80. The molecule has 1 saturated heterocycles. The van der Waals surface area contributed by atoms with Gasteiger partial charge in [-0.3, -0.25) is 4.79 Å². The number of aliphatic carboxylic acids is 1. The number of carbonyl (C=O) groups is 2. The van der Waals surface area contributed by atoms with Crippen LogP contribution in [0.25, 0.3) is 0 Å². The zero-order valence-electron chi connectivity index (χ0n) is 13.4. The Morgan fingerprint density at radius 1 is 1.33 bits per heavy atom. The number of carboxylic acid groups (broad SMARTS) is 1. The van der Waals surface area contributed by atoms with Crippen LogP contribution in [0, 0.1) is 5.41 Å². The maximum Gasteiger partial charge on any atom is 0.315 e. The molecule has 0 aromatic heterocycles. The summed E-state index contributed by atoms with van der Waals surface area (Å²) in [6.45, 7) is 6.92. The summed E-state index contributed by atoms with van der Waals surface area (Å²) in [5, 5.41) is 14.5. The quantitative estimate of drug-likeness (QED) is 0.668. The van der Waals surface area contributed by atoms with E-state index in [1.54, 1.807) is 0 Å². The third-order valence-electron chi connectivity index (χ3n) is 4.26. The molecular weight excluding hydrogens is 270 g/mol. The molecular formula is C15H29N3O3. The van der Waals surface area contributed by atoms with Gasteiger partial charge >= 0.3 is 12.0 Å². The number of hydrogen-bond donors (Lipinski definition) is 3. The lowest BCUT2D eigenvalue weighted by Gasteiger charge is -2.38. The first-order valence-corrected chi connectivity index (χ1v) is 7.79. The predicted molar refractivity (Wildman–Crippen MR) is 82.3 cm³/mol. The molecule has 0 aliphatic carbocycles. The number of hydrogen-bond acceptors (Lipinski definition) is 3. The van der Waals surface area contributed by atoms with Crippen LogP contribution in [0.3, 0.4) is 0 Å². The Bertz CT molecular complexity index is 352. The van der Waals surface area contributed by atoms with Gasteiger partial charge in [0.05, 0.1) is 6.42 Å². The van der Waals surface area contributed by atoms with Crippen molar-refractivity contribution in [2.24, 2.45) is 5.41 Å². The predicted octanol–water partition coefficient (Wildman–Crippen LogP) is 1.66. The molecule has 3 N–H and O–H groups in total. The van der Waals surface area contributed by atoms with Crippen molar-refractivity contribution in [1.82, 2.24) is 15.5 Å². The first kappa shape index (κ1) is 17.8. The molecule has 0 bridgehead atoms. The topological polar surface area (TPSA) is 81.7 Å². The third-order valence-corrected chi connectivity index (χ3v) is 4.26. The van der Waals surface area contributed by atoms with Gasteiger partial charge < -0.3 is 20.6 Å². The highest BCUT2D eigenvalue weighted by atomic mass is 16.4. The van der Waals surface area contributed by atoms with E-state index in [0.29, 0.717) is 13.0 Å². The summed E-state index contributed by atoms with van der Waals surface area (Å²) >= 11 is 0. The Hall–Kier alpha value is -1.30. The first-order valence-electron chi connectivity index (χ1n) is 7.79. The molecule has 0 spiro atoms. The fourth-order valence-corrected chi connectivity index (χ4v) is 2.65. The number of carboxylic acids is 1. The van der Waals surface area contributed by atoms with Crippen LogP contribution in [0.2, 0.25) is 0 Å². The van der Waals surface area contributed by atoms with Crippen molar-refractivity contribution in [3.05, 3.63) is 0 Å². The molecule has 6 heteroatoms. The standard InChI is InChI=1S/C15H29N3O3/c1-4-5-12(10-13(19)20)17-14(21)16-11-15(2)6-8-18(3)9-7-15/h12H,4-11H2,1-3H3,(H,19,20)(H2,16,17,21). The molecule has 0 aromatic rings. The second-order valence-corrected chi connectivity index (χ2v) is 6.52. The Kier molecular flexibility index (Phi) is 6.95. The fourth-order valence-electron chi connectivity index (χ4n) is 2.65. The summed E-state index contributed by atoms with van der Waals surface area (Å²) in [6.07, 6.45) is 3.64. The molecule has 0 aromatic carbocycles. The maximum atomic E-state index is 11.9. The zero-order chi connectivity index (χ0) is 15.9. The van der Waals surface area contributed by atoms with E-state index in [0.717, 1.165) is 32.4 Å². The van der Waals surface area contributed by atoms with Crippen LogP contribution >= 0.6 is 0 Å². The summed E-state index contributed by atoms with van der Waals surface area (Å²) < 4.78 is 0. The van der Waals surface area contributed by atoms with E-state index in [4.69, 9.17) is 5.11 Å². The van der Waals surface area contributed by atoms with Gasteiger partial charge in [0.1, 0.15) is 0 Å². The molecule has 6 nitrogen and oxygen atoms in total. The van der Waals surface area contributed by atoms with E-state index in [9.17, 15) is 9.59 Å².